The first-order valence-electron chi connectivity index (χ1n) is 5.65. The highest BCUT2D eigenvalue weighted by Crippen LogP contribution is 2.24. The van der Waals surface area contributed by atoms with Crippen LogP contribution in [0.5, 0.6) is 5.75 Å². The molecule has 0 saturated heterocycles. The molecular weight excluding hydrogens is 236 g/mol. The fourth-order valence-electron chi connectivity index (χ4n) is 1.65. The molecule has 0 saturated carbocycles. The lowest BCUT2D eigenvalue weighted by atomic mass is 10.0. The van der Waals surface area contributed by atoms with E-state index in [2.05, 4.69) is 0 Å². The summed E-state index contributed by atoms with van der Waals surface area (Å²) in [5, 5.41) is 8.71. The summed E-state index contributed by atoms with van der Waals surface area (Å²) in [4.78, 5) is 22.4. The third kappa shape index (κ3) is 3.48. The minimum atomic E-state index is -0.921. The van der Waals surface area contributed by atoms with Gasteiger partial charge in [0.1, 0.15) is 5.75 Å². The maximum atomic E-state index is 11.8. The highest BCUT2D eigenvalue weighted by Gasteiger charge is 2.17. The zero-order valence-electron chi connectivity index (χ0n) is 10.4. The summed E-state index contributed by atoms with van der Waals surface area (Å²) in [5.74, 6) is -0.880. The fourth-order valence-corrected chi connectivity index (χ4v) is 1.65. The van der Waals surface area contributed by atoms with Crippen LogP contribution in [0.2, 0.25) is 0 Å². The van der Waals surface area contributed by atoms with Crippen LogP contribution >= 0.6 is 0 Å². The van der Waals surface area contributed by atoms with Crippen LogP contribution < -0.4 is 4.74 Å². The monoisotopic (exact) mass is 252 g/mol. The molecule has 1 rings (SSSR count). The van der Waals surface area contributed by atoms with Gasteiger partial charge in [0.25, 0.3) is 0 Å². The van der Waals surface area contributed by atoms with Gasteiger partial charge in [-0.05, 0) is 25.5 Å². The van der Waals surface area contributed by atoms with E-state index in [1.54, 1.807) is 25.1 Å². The number of carbonyl (C=O) groups is 2. The number of carboxylic acids is 1. The number of hydrogen-bond donors (Lipinski definition) is 1. The van der Waals surface area contributed by atoms with Crippen molar-refractivity contribution < 1.29 is 24.2 Å². The average Bonchev–Trinajstić information content (AvgIpc) is 2.36. The van der Waals surface area contributed by atoms with Gasteiger partial charge in [0.05, 0.1) is 19.3 Å². The van der Waals surface area contributed by atoms with Gasteiger partial charge in [-0.1, -0.05) is 6.07 Å². The van der Waals surface area contributed by atoms with E-state index in [0.29, 0.717) is 16.9 Å². The van der Waals surface area contributed by atoms with Crippen molar-refractivity contribution in [3.8, 4) is 5.75 Å². The molecule has 0 aliphatic heterocycles. The van der Waals surface area contributed by atoms with Crippen LogP contribution in [0.25, 0.3) is 0 Å². The fraction of sp³-hybridized carbons (Fsp3) is 0.385. The molecule has 5 nitrogen and oxygen atoms in total. The van der Waals surface area contributed by atoms with Crippen molar-refractivity contribution in [3.05, 3.63) is 29.3 Å². The highest BCUT2D eigenvalue weighted by molar-refractivity contribution is 5.92. The highest BCUT2D eigenvalue weighted by atomic mass is 16.5. The van der Waals surface area contributed by atoms with E-state index in [1.807, 2.05) is 0 Å². The number of ether oxygens (including phenoxy) is 2. The van der Waals surface area contributed by atoms with Crippen LogP contribution in [0.3, 0.4) is 0 Å². The number of carbonyl (C=O) groups excluding carboxylic acids is 1. The minimum absolute atomic E-state index is 0.0627. The van der Waals surface area contributed by atoms with Crippen LogP contribution in [0.15, 0.2) is 18.2 Å². The lowest BCUT2D eigenvalue weighted by molar-refractivity contribution is -0.136. The van der Waals surface area contributed by atoms with Crippen molar-refractivity contribution in [2.24, 2.45) is 0 Å². The van der Waals surface area contributed by atoms with E-state index in [-0.39, 0.29) is 19.4 Å². The van der Waals surface area contributed by atoms with Crippen LogP contribution in [0.4, 0.5) is 0 Å². The van der Waals surface area contributed by atoms with Crippen LogP contribution in [-0.4, -0.2) is 30.8 Å². The number of benzene rings is 1. The van der Waals surface area contributed by atoms with E-state index in [4.69, 9.17) is 14.6 Å². The molecule has 0 aliphatic carbocycles. The molecule has 1 aromatic rings. The first-order valence-corrected chi connectivity index (χ1v) is 5.65. The first-order chi connectivity index (χ1) is 8.60. The summed E-state index contributed by atoms with van der Waals surface area (Å²) in [6.45, 7) is 1.99. The summed E-state index contributed by atoms with van der Waals surface area (Å²) in [7, 11) is 1.48. The van der Waals surface area contributed by atoms with Crippen molar-refractivity contribution in [2.75, 3.05) is 13.7 Å². The smallest absolute Gasteiger partial charge is 0.338 e. The maximum absolute atomic E-state index is 11.8. The summed E-state index contributed by atoms with van der Waals surface area (Å²) >= 11 is 0. The molecule has 5 heteroatoms. The number of aliphatic carboxylic acids is 1. The third-order valence-corrected chi connectivity index (χ3v) is 2.44. The molecule has 0 fully saturated rings. The van der Waals surface area contributed by atoms with E-state index in [1.165, 1.54) is 7.11 Å². The topological polar surface area (TPSA) is 72.8 Å². The zero-order valence-corrected chi connectivity index (χ0v) is 10.4. The molecule has 0 heterocycles. The predicted octanol–water partition coefficient (Wildman–Crippen LogP) is 1.89. The molecule has 0 radical (unpaired) electrons. The predicted molar refractivity (Wildman–Crippen MR) is 64.9 cm³/mol. The molecule has 0 aromatic heterocycles. The standard InChI is InChI=1S/C13H16O5/c1-3-18-13(16)10-5-4-6-11(17-2)9(10)7-8-12(14)15/h4-6H,3,7-8H2,1-2H3,(H,14,15). The Hall–Kier alpha value is -2.04. The Morgan fingerprint density at radius 1 is 1.33 bits per heavy atom. The average molecular weight is 252 g/mol. The van der Waals surface area contributed by atoms with Gasteiger partial charge in [0.15, 0.2) is 0 Å². The van der Waals surface area contributed by atoms with Gasteiger partial charge in [-0.15, -0.1) is 0 Å². The van der Waals surface area contributed by atoms with E-state index < -0.39 is 11.9 Å². The molecular formula is C13H16O5. The number of methoxy groups -OCH3 is 1. The third-order valence-electron chi connectivity index (χ3n) is 2.44. The van der Waals surface area contributed by atoms with E-state index in [9.17, 15) is 9.59 Å². The normalized spacial score (nSPS) is 9.89. The van der Waals surface area contributed by atoms with Crippen LogP contribution in [-0.2, 0) is 16.0 Å². The number of carboxylic acid groups (broad SMARTS) is 1. The second-order valence-electron chi connectivity index (χ2n) is 3.60. The second-order valence-corrected chi connectivity index (χ2v) is 3.60. The van der Waals surface area contributed by atoms with Gasteiger partial charge >= 0.3 is 11.9 Å². The lowest BCUT2D eigenvalue weighted by Crippen LogP contribution is -2.10. The van der Waals surface area contributed by atoms with Crippen molar-refractivity contribution in [1.82, 2.24) is 0 Å². The molecule has 0 bridgehead atoms. The molecule has 0 amide bonds. The summed E-state index contributed by atoms with van der Waals surface area (Å²) in [5.41, 5.74) is 0.929. The first kappa shape index (κ1) is 14.0. The van der Waals surface area contributed by atoms with Gasteiger partial charge in [-0.25, -0.2) is 4.79 Å². The Kier molecular flexibility index (Phi) is 5.17. The molecule has 0 atom stereocenters. The van der Waals surface area contributed by atoms with Gasteiger partial charge in [-0.2, -0.15) is 0 Å². The van der Waals surface area contributed by atoms with Gasteiger partial charge in [0, 0.05) is 12.0 Å². The van der Waals surface area contributed by atoms with Crippen molar-refractivity contribution in [2.45, 2.75) is 19.8 Å². The van der Waals surface area contributed by atoms with Gasteiger partial charge in [0.2, 0.25) is 0 Å². The van der Waals surface area contributed by atoms with Crippen LogP contribution in [0, 0.1) is 0 Å². The molecule has 0 aliphatic rings. The Morgan fingerprint density at radius 2 is 2.06 bits per heavy atom. The zero-order chi connectivity index (χ0) is 13.5. The van der Waals surface area contributed by atoms with E-state index >= 15 is 0 Å². The molecule has 1 N–H and O–H groups in total. The minimum Gasteiger partial charge on any atom is -0.496 e. The summed E-state index contributed by atoms with van der Waals surface area (Å²) in [6, 6.07) is 4.98. The SMILES string of the molecule is CCOC(=O)c1cccc(OC)c1CCC(=O)O. The van der Waals surface area contributed by atoms with Crippen LogP contribution in [0.1, 0.15) is 29.3 Å². The number of rotatable bonds is 6. The Balaban J connectivity index is 3.07. The molecule has 0 unspecified atom stereocenters. The summed E-state index contributed by atoms with van der Waals surface area (Å²) in [6.07, 6.45) is 0.167. The quantitative estimate of drug-likeness (QED) is 0.783. The lowest BCUT2D eigenvalue weighted by Gasteiger charge is -2.12. The number of hydrogen-bond acceptors (Lipinski definition) is 4. The van der Waals surface area contributed by atoms with Gasteiger partial charge < -0.3 is 14.6 Å². The number of esters is 1. The van der Waals surface area contributed by atoms with Crippen molar-refractivity contribution in [1.29, 1.82) is 0 Å². The maximum Gasteiger partial charge on any atom is 0.338 e. The van der Waals surface area contributed by atoms with E-state index in [0.717, 1.165) is 0 Å². The largest absolute Gasteiger partial charge is 0.496 e. The Bertz CT molecular complexity index is 439. The molecule has 98 valence electrons. The second kappa shape index (κ2) is 6.64. The van der Waals surface area contributed by atoms with Crippen molar-refractivity contribution in [3.63, 3.8) is 0 Å². The van der Waals surface area contributed by atoms with Crippen molar-refractivity contribution >= 4 is 11.9 Å². The summed E-state index contributed by atoms with van der Waals surface area (Å²) < 4.78 is 10.1. The molecule has 0 spiro atoms. The van der Waals surface area contributed by atoms with Gasteiger partial charge in [-0.3, -0.25) is 4.79 Å². The molecule has 1 aromatic carbocycles. The molecule has 18 heavy (non-hydrogen) atoms. The Morgan fingerprint density at radius 3 is 2.61 bits per heavy atom. The Labute approximate surface area is 105 Å².